The third kappa shape index (κ3) is 3.38. The fraction of sp³-hybridized carbons (Fsp3) is 0.778. The van der Waals surface area contributed by atoms with Crippen molar-refractivity contribution in [1.82, 2.24) is 9.80 Å². The molecule has 1 saturated heterocycles. The molecule has 0 aromatic heterocycles. The molecule has 1 fully saturated rings. The average molecular weight is 252 g/mol. The van der Waals surface area contributed by atoms with Crippen molar-refractivity contribution in [2.75, 3.05) is 26.3 Å². The van der Waals surface area contributed by atoms with Crippen LogP contribution in [0.25, 0.3) is 0 Å². The van der Waals surface area contributed by atoms with Gasteiger partial charge in [0.1, 0.15) is 6.04 Å². The van der Waals surface area contributed by atoms with Gasteiger partial charge in [-0.15, -0.1) is 0 Å². The summed E-state index contributed by atoms with van der Waals surface area (Å²) in [4.78, 5) is 5.11. The van der Waals surface area contributed by atoms with E-state index in [1.807, 2.05) is 0 Å². The molecule has 0 saturated carbocycles. The molecule has 0 N–H and O–H groups in total. The number of aliphatic imine (C=N–C) groups is 1. The SMILES string of the molecule is C=NCN1CC(F)N(CC#N)CC1C(F)(F)F. The first-order valence-corrected chi connectivity index (χ1v) is 4.88. The van der Waals surface area contributed by atoms with Crippen molar-refractivity contribution in [3.8, 4) is 6.07 Å². The predicted molar refractivity (Wildman–Crippen MR) is 53.0 cm³/mol. The van der Waals surface area contributed by atoms with Crippen molar-refractivity contribution < 1.29 is 17.6 Å². The van der Waals surface area contributed by atoms with Crippen molar-refractivity contribution in [1.29, 1.82) is 5.26 Å². The second kappa shape index (κ2) is 5.42. The molecule has 17 heavy (non-hydrogen) atoms. The van der Waals surface area contributed by atoms with E-state index in [4.69, 9.17) is 5.26 Å². The van der Waals surface area contributed by atoms with Crippen LogP contribution in [-0.2, 0) is 0 Å². The molecule has 2 atom stereocenters. The molecule has 1 rings (SSSR count). The molecule has 0 amide bonds. The van der Waals surface area contributed by atoms with Crippen LogP contribution in [0.5, 0.6) is 0 Å². The number of nitriles is 1. The van der Waals surface area contributed by atoms with E-state index in [0.717, 1.165) is 9.80 Å². The Morgan fingerprint density at radius 3 is 2.47 bits per heavy atom. The molecule has 0 bridgehead atoms. The van der Waals surface area contributed by atoms with Crippen LogP contribution >= 0.6 is 0 Å². The highest BCUT2D eigenvalue weighted by Gasteiger charge is 2.48. The minimum atomic E-state index is -4.47. The van der Waals surface area contributed by atoms with Crippen molar-refractivity contribution in [3.05, 3.63) is 0 Å². The van der Waals surface area contributed by atoms with E-state index in [9.17, 15) is 17.6 Å². The first-order valence-electron chi connectivity index (χ1n) is 4.88. The van der Waals surface area contributed by atoms with Gasteiger partial charge in [-0.3, -0.25) is 14.8 Å². The lowest BCUT2D eigenvalue weighted by atomic mass is 10.1. The van der Waals surface area contributed by atoms with Crippen LogP contribution in [0.4, 0.5) is 17.6 Å². The van der Waals surface area contributed by atoms with E-state index in [1.54, 1.807) is 6.07 Å². The summed E-state index contributed by atoms with van der Waals surface area (Å²) in [5.41, 5.74) is 0. The fourth-order valence-electron chi connectivity index (χ4n) is 1.74. The van der Waals surface area contributed by atoms with E-state index in [0.29, 0.717) is 0 Å². The Morgan fingerprint density at radius 1 is 1.35 bits per heavy atom. The zero-order valence-electron chi connectivity index (χ0n) is 8.99. The normalized spacial score (nSPS) is 27.7. The average Bonchev–Trinajstić information content (AvgIpc) is 2.20. The van der Waals surface area contributed by atoms with Gasteiger partial charge < -0.3 is 0 Å². The maximum Gasteiger partial charge on any atom is 0.405 e. The molecule has 1 heterocycles. The molecular formula is C9H12F4N4. The summed E-state index contributed by atoms with van der Waals surface area (Å²) in [5.74, 6) is 0. The van der Waals surface area contributed by atoms with Gasteiger partial charge in [0.05, 0.1) is 19.3 Å². The van der Waals surface area contributed by atoms with Crippen LogP contribution in [0.15, 0.2) is 4.99 Å². The van der Waals surface area contributed by atoms with Crippen LogP contribution in [0.1, 0.15) is 0 Å². The molecule has 4 nitrogen and oxygen atoms in total. The summed E-state index contributed by atoms with van der Waals surface area (Å²) < 4.78 is 51.6. The summed E-state index contributed by atoms with van der Waals surface area (Å²) in [7, 11) is 0. The molecule has 96 valence electrons. The van der Waals surface area contributed by atoms with Gasteiger partial charge in [0.2, 0.25) is 0 Å². The molecule has 0 spiro atoms. The van der Waals surface area contributed by atoms with Crippen molar-refractivity contribution in [3.63, 3.8) is 0 Å². The lowest BCUT2D eigenvalue weighted by Gasteiger charge is -2.42. The summed E-state index contributed by atoms with van der Waals surface area (Å²) >= 11 is 0. The summed E-state index contributed by atoms with van der Waals surface area (Å²) in [6, 6.07) is -0.161. The molecule has 0 aromatic rings. The Morgan fingerprint density at radius 2 is 2.00 bits per heavy atom. The maximum absolute atomic E-state index is 13.5. The number of rotatable bonds is 3. The third-order valence-electron chi connectivity index (χ3n) is 2.56. The molecule has 0 aromatic carbocycles. The minimum absolute atomic E-state index is 0.273. The molecule has 1 aliphatic heterocycles. The van der Waals surface area contributed by atoms with E-state index in [-0.39, 0.29) is 13.2 Å². The van der Waals surface area contributed by atoms with Gasteiger partial charge in [-0.25, -0.2) is 4.39 Å². The Hall–Kier alpha value is -1.20. The van der Waals surface area contributed by atoms with Crippen molar-refractivity contribution in [2.24, 2.45) is 4.99 Å². The van der Waals surface area contributed by atoms with Gasteiger partial charge in [0, 0.05) is 13.1 Å². The molecular weight excluding hydrogens is 240 g/mol. The van der Waals surface area contributed by atoms with E-state index in [2.05, 4.69) is 11.7 Å². The molecule has 2 unspecified atom stereocenters. The van der Waals surface area contributed by atoms with E-state index < -0.39 is 31.6 Å². The largest absolute Gasteiger partial charge is 0.405 e. The lowest BCUT2D eigenvalue weighted by molar-refractivity contribution is -0.208. The smallest absolute Gasteiger partial charge is 0.285 e. The van der Waals surface area contributed by atoms with Gasteiger partial charge in [0.15, 0.2) is 6.30 Å². The highest BCUT2D eigenvalue weighted by Crippen LogP contribution is 2.29. The number of hydrogen-bond donors (Lipinski definition) is 0. The predicted octanol–water partition coefficient (Wildman–Crippen LogP) is 1.01. The lowest BCUT2D eigenvalue weighted by Crippen LogP contribution is -2.61. The van der Waals surface area contributed by atoms with Crippen LogP contribution in [0, 0.1) is 11.3 Å². The van der Waals surface area contributed by atoms with Gasteiger partial charge in [0.25, 0.3) is 0 Å². The monoisotopic (exact) mass is 252 g/mol. The van der Waals surface area contributed by atoms with Crippen LogP contribution < -0.4 is 0 Å². The Bertz CT molecular complexity index is 311. The third-order valence-corrected chi connectivity index (χ3v) is 2.56. The van der Waals surface area contributed by atoms with Crippen LogP contribution in [-0.4, -0.2) is 61.3 Å². The first-order chi connectivity index (χ1) is 7.90. The zero-order valence-corrected chi connectivity index (χ0v) is 8.99. The second-order valence-corrected chi connectivity index (χ2v) is 3.72. The number of nitrogens with zero attached hydrogens (tertiary/aromatic N) is 4. The minimum Gasteiger partial charge on any atom is -0.285 e. The van der Waals surface area contributed by atoms with Gasteiger partial charge in [-0.1, -0.05) is 0 Å². The van der Waals surface area contributed by atoms with E-state index in [1.165, 1.54) is 0 Å². The topological polar surface area (TPSA) is 42.6 Å². The second-order valence-electron chi connectivity index (χ2n) is 3.72. The highest BCUT2D eigenvalue weighted by molar-refractivity contribution is 5.23. The fourth-order valence-corrected chi connectivity index (χ4v) is 1.74. The number of alkyl halides is 4. The molecule has 8 heteroatoms. The van der Waals surface area contributed by atoms with E-state index >= 15 is 0 Å². The molecule has 0 aliphatic carbocycles. The number of piperazine rings is 1. The summed E-state index contributed by atoms with van der Waals surface area (Å²) in [5, 5.41) is 8.41. The Balaban J connectivity index is 2.81. The van der Waals surface area contributed by atoms with Crippen LogP contribution in [0.3, 0.4) is 0 Å². The van der Waals surface area contributed by atoms with Crippen molar-refractivity contribution in [2.45, 2.75) is 18.5 Å². The Labute approximate surface area is 96.1 Å². The highest BCUT2D eigenvalue weighted by atomic mass is 19.4. The maximum atomic E-state index is 13.5. The quantitative estimate of drug-likeness (QED) is 0.326. The number of hydrogen-bond acceptors (Lipinski definition) is 4. The van der Waals surface area contributed by atoms with Crippen LogP contribution in [0.2, 0.25) is 0 Å². The first kappa shape index (κ1) is 13.9. The summed E-state index contributed by atoms with van der Waals surface area (Å²) in [6.07, 6.45) is -6.06. The molecule has 1 aliphatic rings. The van der Waals surface area contributed by atoms with Crippen molar-refractivity contribution >= 4 is 6.72 Å². The molecule has 0 radical (unpaired) electrons. The standard InChI is InChI=1S/C9H12F4N4/c1-15-6-17-5-8(10)16(3-2-14)4-7(17)9(11,12)13/h7-8H,1,3-6H2. The van der Waals surface area contributed by atoms with Gasteiger partial charge >= 0.3 is 6.18 Å². The van der Waals surface area contributed by atoms with Gasteiger partial charge in [-0.05, 0) is 6.72 Å². The van der Waals surface area contributed by atoms with Gasteiger partial charge in [-0.2, -0.15) is 18.4 Å². The Kier molecular flexibility index (Phi) is 4.42. The zero-order chi connectivity index (χ0) is 13.1. The summed E-state index contributed by atoms with van der Waals surface area (Å²) in [6.45, 7) is 1.49. The number of halogens is 4.